The maximum atomic E-state index is 4.14. The van der Waals surface area contributed by atoms with Crippen LogP contribution in [0.3, 0.4) is 0 Å². The Morgan fingerprint density at radius 3 is 2.62 bits per heavy atom. The van der Waals surface area contributed by atoms with Crippen LogP contribution in [-0.2, 0) is 13.1 Å². The molecule has 0 amide bonds. The molecule has 2 aromatic rings. The lowest BCUT2D eigenvalue weighted by molar-refractivity contribution is 0.240. The first-order valence-corrected chi connectivity index (χ1v) is 7.61. The molecule has 1 atom stereocenters. The zero-order valence-electron chi connectivity index (χ0n) is 13.9. The molecule has 1 aromatic carbocycles. The first-order chi connectivity index (χ1) is 9.86. The molecule has 0 fully saturated rings. The molecule has 0 spiro atoms. The smallest absolute Gasteiger partial charge is 0.0946 e. The Morgan fingerprint density at radius 2 is 2.00 bits per heavy atom. The molecule has 1 N–H and O–H groups in total. The highest BCUT2D eigenvalue weighted by Gasteiger charge is 2.24. The molecule has 1 unspecified atom stereocenters. The topological polar surface area (TPSA) is 29.9 Å². The fourth-order valence-electron chi connectivity index (χ4n) is 2.47. The van der Waals surface area contributed by atoms with Crippen LogP contribution in [0.5, 0.6) is 0 Å². The van der Waals surface area contributed by atoms with Gasteiger partial charge in [0, 0.05) is 31.5 Å². The quantitative estimate of drug-likeness (QED) is 0.907. The molecule has 114 valence electrons. The first-order valence-electron chi connectivity index (χ1n) is 7.61. The van der Waals surface area contributed by atoms with E-state index >= 15 is 0 Å². The molecule has 0 saturated heterocycles. The molecular formula is C18H27N3. The summed E-state index contributed by atoms with van der Waals surface area (Å²) in [4.78, 5) is 4.14. The molecule has 0 bridgehead atoms. The lowest BCUT2D eigenvalue weighted by Gasteiger charge is -2.32. The molecule has 0 saturated carbocycles. The van der Waals surface area contributed by atoms with E-state index in [9.17, 15) is 0 Å². The average Bonchev–Trinajstić information content (AvgIpc) is 2.89. The van der Waals surface area contributed by atoms with E-state index in [0.29, 0.717) is 6.04 Å². The van der Waals surface area contributed by atoms with Gasteiger partial charge < -0.3 is 9.88 Å². The van der Waals surface area contributed by atoms with Crippen LogP contribution in [0.25, 0.3) is 0 Å². The van der Waals surface area contributed by atoms with Gasteiger partial charge in [0.15, 0.2) is 0 Å². The van der Waals surface area contributed by atoms with Gasteiger partial charge in [0.2, 0.25) is 0 Å². The highest BCUT2D eigenvalue weighted by molar-refractivity contribution is 5.30. The Balaban J connectivity index is 2.07. The Morgan fingerprint density at radius 1 is 1.24 bits per heavy atom. The molecular weight excluding hydrogens is 258 g/mol. The van der Waals surface area contributed by atoms with Gasteiger partial charge in [-0.15, -0.1) is 0 Å². The second-order valence-corrected chi connectivity index (χ2v) is 6.99. The van der Waals surface area contributed by atoms with Crippen molar-refractivity contribution in [3.8, 4) is 0 Å². The molecule has 1 aromatic heterocycles. The van der Waals surface area contributed by atoms with Gasteiger partial charge in [-0.3, -0.25) is 0 Å². The number of rotatable bonds is 5. The number of hydrogen-bond acceptors (Lipinski definition) is 2. The van der Waals surface area contributed by atoms with E-state index in [2.05, 4.69) is 67.7 Å². The maximum Gasteiger partial charge on any atom is 0.0946 e. The van der Waals surface area contributed by atoms with Crippen LogP contribution >= 0.6 is 0 Å². The zero-order valence-corrected chi connectivity index (χ0v) is 13.9. The summed E-state index contributed by atoms with van der Waals surface area (Å²) in [6, 6.07) is 7.05. The summed E-state index contributed by atoms with van der Waals surface area (Å²) in [6.07, 6.45) is 5.75. The van der Waals surface area contributed by atoms with E-state index < -0.39 is 0 Å². The first kappa shape index (κ1) is 15.8. The van der Waals surface area contributed by atoms with Crippen molar-refractivity contribution in [2.75, 3.05) is 0 Å². The summed E-state index contributed by atoms with van der Waals surface area (Å²) in [5.41, 5.74) is 4.25. The van der Waals surface area contributed by atoms with Gasteiger partial charge in [-0.25, -0.2) is 4.98 Å². The van der Waals surface area contributed by atoms with Crippen LogP contribution in [0, 0.1) is 19.3 Å². The molecule has 0 aliphatic rings. The van der Waals surface area contributed by atoms with Gasteiger partial charge in [0.1, 0.15) is 0 Å². The second-order valence-electron chi connectivity index (χ2n) is 6.99. The van der Waals surface area contributed by atoms with Crippen LogP contribution in [0.4, 0.5) is 0 Å². The molecule has 0 aliphatic heterocycles. The van der Waals surface area contributed by atoms with Gasteiger partial charge in [-0.05, 0) is 30.4 Å². The molecule has 21 heavy (non-hydrogen) atoms. The number of imidazole rings is 1. The number of aryl methyl sites for hydroxylation is 2. The maximum absolute atomic E-state index is 4.14. The normalized spacial score (nSPS) is 13.4. The summed E-state index contributed by atoms with van der Waals surface area (Å²) in [5, 5.41) is 3.73. The van der Waals surface area contributed by atoms with Gasteiger partial charge in [0.25, 0.3) is 0 Å². The third-order valence-electron chi connectivity index (χ3n) is 4.04. The van der Waals surface area contributed by atoms with Crippen molar-refractivity contribution in [3.05, 3.63) is 53.6 Å². The van der Waals surface area contributed by atoms with E-state index in [0.717, 1.165) is 13.1 Å². The van der Waals surface area contributed by atoms with Crippen LogP contribution in [0.2, 0.25) is 0 Å². The minimum Gasteiger partial charge on any atom is -0.336 e. The fraction of sp³-hybridized carbons (Fsp3) is 0.500. The molecule has 2 rings (SSSR count). The average molecular weight is 285 g/mol. The number of aromatic nitrogens is 2. The van der Waals surface area contributed by atoms with Crippen molar-refractivity contribution in [2.45, 2.75) is 53.8 Å². The van der Waals surface area contributed by atoms with E-state index in [1.165, 1.54) is 16.7 Å². The van der Waals surface area contributed by atoms with Crippen LogP contribution in [0.1, 0.15) is 37.5 Å². The van der Waals surface area contributed by atoms with Crippen LogP contribution in [-0.4, -0.2) is 15.6 Å². The second kappa shape index (κ2) is 6.44. The summed E-state index contributed by atoms with van der Waals surface area (Å²) >= 11 is 0. The van der Waals surface area contributed by atoms with E-state index in [1.54, 1.807) is 0 Å². The van der Waals surface area contributed by atoms with Crippen molar-refractivity contribution in [2.24, 2.45) is 5.41 Å². The van der Waals surface area contributed by atoms with E-state index in [1.807, 2.05) is 18.7 Å². The summed E-state index contributed by atoms with van der Waals surface area (Å²) in [5.74, 6) is 0. The van der Waals surface area contributed by atoms with Gasteiger partial charge in [-0.1, -0.05) is 44.5 Å². The number of nitrogens with one attached hydrogen (secondary N) is 1. The Labute approximate surface area is 128 Å². The Hall–Kier alpha value is -1.61. The molecule has 3 heteroatoms. The Kier molecular flexibility index (Phi) is 4.84. The summed E-state index contributed by atoms with van der Waals surface area (Å²) in [6.45, 7) is 13.0. The Bertz CT molecular complexity index is 565. The van der Waals surface area contributed by atoms with Gasteiger partial charge >= 0.3 is 0 Å². The molecule has 0 aliphatic carbocycles. The number of hydrogen-bond donors (Lipinski definition) is 1. The standard InChI is InChI=1S/C18H27N3/c1-14-6-7-15(2)16(10-14)11-20-17(18(3,4)5)12-21-9-8-19-13-21/h6-10,13,17,20H,11-12H2,1-5H3. The zero-order chi connectivity index (χ0) is 15.5. The molecule has 3 nitrogen and oxygen atoms in total. The summed E-state index contributed by atoms with van der Waals surface area (Å²) in [7, 11) is 0. The lowest BCUT2D eigenvalue weighted by atomic mass is 9.86. The minimum absolute atomic E-state index is 0.196. The molecule has 0 radical (unpaired) electrons. The van der Waals surface area contributed by atoms with Crippen LogP contribution in [0.15, 0.2) is 36.9 Å². The predicted octanol–water partition coefficient (Wildman–Crippen LogP) is 3.70. The van der Waals surface area contributed by atoms with Gasteiger partial charge in [-0.2, -0.15) is 0 Å². The van der Waals surface area contributed by atoms with Crippen molar-refractivity contribution in [3.63, 3.8) is 0 Å². The highest BCUT2D eigenvalue weighted by Crippen LogP contribution is 2.22. The largest absolute Gasteiger partial charge is 0.336 e. The number of nitrogens with zero attached hydrogens (tertiary/aromatic N) is 2. The van der Waals surface area contributed by atoms with E-state index in [4.69, 9.17) is 0 Å². The SMILES string of the molecule is Cc1ccc(C)c(CNC(Cn2ccnc2)C(C)(C)C)c1. The van der Waals surface area contributed by atoms with E-state index in [-0.39, 0.29) is 5.41 Å². The number of benzene rings is 1. The lowest BCUT2D eigenvalue weighted by Crippen LogP contribution is -2.43. The third-order valence-corrected chi connectivity index (χ3v) is 4.04. The molecule has 1 heterocycles. The van der Waals surface area contributed by atoms with Crippen molar-refractivity contribution < 1.29 is 0 Å². The minimum atomic E-state index is 0.196. The van der Waals surface area contributed by atoms with Crippen LogP contribution < -0.4 is 5.32 Å². The van der Waals surface area contributed by atoms with Crippen molar-refractivity contribution in [1.29, 1.82) is 0 Å². The van der Waals surface area contributed by atoms with Gasteiger partial charge in [0.05, 0.1) is 6.33 Å². The van der Waals surface area contributed by atoms with Crippen molar-refractivity contribution in [1.82, 2.24) is 14.9 Å². The third kappa shape index (κ3) is 4.43. The van der Waals surface area contributed by atoms with Crippen molar-refractivity contribution >= 4 is 0 Å². The highest BCUT2D eigenvalue weighted by atomic mass is 15.1. The predicted molar refractivity (Wildman–Crippen MR) is 88.2 cm³/mol. The monoisotopic (exact) mass is 285 g/mol. The fourth-order valence-corrected chi connectivity index (χ4v) is 2.47. The summed E-state index contributed by atoms with van der Waals surface area (Å²) < 4.78 is 2.14.